The van der Waals surface area contributed by atoms with Crippen LogP contribution >= 0.6 is 0 Å². The van der Waals surface area contributed by atoms with Gasteiger partial charge in [0.1, 0.15) is 11.5 Å². The zero-order valence-electron chi connectivity index (χ0n) is 10.4. The molecule has 0 amide bonds. The molecule has 0 aliphatic heterocycles. The van der Waals surface area contributed by atoms with Crippen molar-refractivity contribution in [1.29, 1.82) is 0 Å². The fourth-order valence-corrected chi connectivity index (χ4v) is 1.44. The molecule has 19 heavy (non-hydrogen) atoms. The number of halogens is 3. The van der Waals surface area contributed by atoms with Crippen LogP contribution in [-0.4, -0.2) is 22.6 Å². The molecule has 2 N–H and O–H groups in total. The van der Waals surface area contributed by atoms with Crippen molar-refractivity contribution in [2.45, 2.75) is 25.9 Å². The fourth-order valence-electron chi connectivity index (χ4n) is 1.44. The zero-order valence-corrected chi connectivity index (χ0v) is 10.4. The molecule has 0 fully saturated rings. The van der Waals surface area contributed by atoms with E-state index in [9.17, 15) is 18.0 Å². The highest BCUT2D eigenvalue weighted by Crippen LogP contribution is 2.28. The molecular formula is C12H15F3N2O2. The largest absolute Gasteiger partial charge is 0.481 e. The van der Waals surface area contributed by atoms with E-state index in [0.29, 0.717) is 13.0 Å². The van der Waals surface area contributed by atoms with Crippen LogP contribution in [0.15, 0.2) is 18.2 Å². The first-order valence-corrected chi connectivity index (χ1v) is 5.79. The number of nitrogens with one attached hydrogen (secondary N) is 1. The van der Waals surface area contributed by atoms with E-state index in [2.05, 4.69) is 10.3 Å². The quantitative estimate of drug-likeness (QED) is 0.838. The molecule has 0 saturated carbocycles. The van der Waals surface area contributed by atoms with Crippen molar-refractivity contribution in [3.05, 3.63) is 23.9 Å². The Morgan fingerprint density at radius 3 is 2.74 bits per heavy atom. The Bertz CT molecular complexity index is 435. The first-order chi connectivity index (χ1) is 8.79. The highest BCUT2D eigenvalue weighted by molar-refractivity contribution is 5.66. The number of carboxylic acid groups (broad SMARTS) is 1. The second kappa shape index (κ2) is 6.40. The van der Waals surface area contributed by atoms with E-state index >= 15 is 0 Å². The molecular weight excluding hydrogens is 261 g/mol. The van der Waals surface area contributed by atoms with Crippen LogP contribution in [0.5, 0.6) is 0 Å². The van der Waals surface area contributed by atoms with Crippen molar-refractivity contribution in [1.82, 2.24) is 4.98 Å². The van der Waals surface area contributed by atoms with Crippen LogP contribution in [0.4, 0.5) is 19.0 Å². The molecule has 0 aromatic carbocycles. The summed E-state index contributed by atoms with van der Waals surface area (Å²) in [7, 11) is 0. The molecule has 1 aromatic heterocycles. The number of aromatic nitrogens is 1. The third-order valence-electron chi connectivity index (χ3n) is 2.52. The number of hydrogen-bond acceptors (Lipinski definition) is 3. The normalized spacial score (nSPS) is 13.1. The Kier molecular flexibility index (Phi) is 5.14. The van der Waals surface area contributed by atoms with Crippen molar-refractivity contribution in [3.63, 3.8) is 0 Å². The molecule has 1 aromatic rings. The summed E-state index contributed by atoms with van der Waals surface area (Å²) in [4.78, 5) is 13.8. The van der Waals surface area contributed by atoms with Gasteiger partial charge in [0.2, 0.25) is 0 Å². The maximum Gasteiger partial charge on any atom is 0.433 e. The van der Waals surface area contributed by atoms with Gasteiger partial charge in [0.05, 0.1) is 0 Å². The van der Waals surface area contributed by atoms with Gasteiger partial charge < -0.3 is 10.4 Å². The minimum absolute atomic E-state index is 0.0347. The first-order valence-electron chi connectivity index (χ1n) is 5.79. The summed E-state index contributed by atoms with van der Waals surface area (Å²) < 4.78 is 37.3. The molecule has 0 spiro atoms. The monoisotopic (exact) mass is 276 g/mol. The average molecular weight is 276 g/mol. The van der Waals surface area contributed by atoms with Crippen molar-refractivity contribution in [2.24, 2.45) is 5.92 Å². The second-order valence-electron chi connectivity index (χ2n) is 4.32. The lowest BCUT2D eigenvalue weighted by Gasteiger charge is -2.13. The first kappa shape index (κ1) is 15.3. The number of alkyl halides is 3. The maximum absolute atomic E-state index is 12.4. The minimum Gasteiger partial charge on any atom is -0.481 e. The highest BCUT2D eigenvalue weighted by Gasteiger charge is 2.32. The molecule has 0 radical (unpaired) electrons. The summed E-state index contributed by atoms with van der Waals surface area (Å²) in [5.74, 6) is -0.714. The molecule has 1 rings (SSSR count). The fraction of sp³-hybridized carbons (Fsp3) is 0.500. The van der Waals surface area contributed by atoms with E-state index in [-0.39, 0.29) is 18.2 Å². The van der Waals surface area contributed by atoms with Crippen LogP contribution < -0.4 is 5.32 Å². The Morgan fingerprint density at radius 1 is 1.47 bits per heavy atom. The number of pyridine rings is 1. The average Bonchev–Trinajstić information content (AvgIpc) is 2.33. The molecule has 106 valence electrons. The van der Waals surface area contributed by atoms with Gasteiger partial charge in [-0.1, -0.05) is 13.0 Å². The summed E-state index contributed by atoms with van der Waals surface area (Å²) in [5.41, 5.74) is -0.948. The van der Waals surface area contributed by atoms with Crippen molar-refractivity contribution >= 4 is 11.8 Å². The van der Waals surface area contributed by atoms with Gasteiger partial charge in [-0.3, -0.25) is 4.79 Å². The van der Waals surface area contributed by atoms with Gasteiger partial charge in [0, 0.05) is 13.0 Å². The van der Waals surface area contributed by atoms with Gasteiger partial charge in [0.25, 0.3) is 0 Å². The van der Waals surface area contributed by atoms with Gasteiger partial charge in [-0.2, -0.15) is 13.2 Å². The van der Waals surface area contributed by atoms with E-state index in [0.717, 1.165) is 6.07 Å². The summed E-state index contributed by atoms with van der Waals surface area (Å²) in [6.07, 6.45) is -3.97. The van der Waals surface area contributed by atoms with Gasteiger partial charge in [-0.25, -0.2) is 4.98 Å². The van der Waals surface area contributed by atoms with E-state index in [1.165, 1.54) is 12.1 Å². The number of aliphatic carboxylic acids is 1. The number of anilines is 1. The smallest absolute Gasteiger partial charge is 0.433 e. The van der Waals surface area contributed by atoms with Crippen molar-refractivity contribution < 1.29 is 23.1 Å². The third-order valence-corrected chi connectivity index (χ3v) is 2.52. The number of hydrogen-bond donors (Lipinski definition) is 2. The number of rotatable bonds is 6. The van der Waals surface area contributed by atoms with E-state index in [1.54, 1.807) is 0 Å². The van der Waals surface area contributed by atoms with Gasteiger partial charge in [-0.15, -0.1) is 0 Å². The molecule has 7 heteroatoms. The molecule has 0 bridgehead atoms. The molecule has 0 aliphatic rings. The predicted octanol–water partition coefficient (Wildman–Crippen LogP) is 3.01. The van der Waals surface area contributed by atoms with E-state index < -0.39 is 17.8 Å². The highest BCUT2D eigenvalue weighted by atomic mass is 19.4. The van der Waals surface area contributed by atoms with Gasteiger partial charge in [-0.05, 0) is 24.5 Å². The van der Waals surface area contributed by atoms with Crippen LogP contribution in [-0.2, 0) is 11.0 Å². The van der Waals surface area contributed by atoms with Gasteiger partial charge in [0.15, 0.2) is 0 Å². The van der Waals surface area contributed by atoms with Crippen LogP contribution in [0.3, 0.4) is 0 Å². The second-order valence-corrected chi connectivity index (χ2v) is 4.32. The van der Waals surface area contributed by atoms with Crippen LogP contribution in [0.2, 0.25) is 0 Å². The topological polar surface area (TPSA) is 62.2 Å². The van der Waals surface area contributed by atoms with Crippen LogP contribution in [0, 0.1) is 5.92 Å². The molecule has 0 aliphatic carbocycles. The van der Waals surface area contributed by atoms with Gasteiger partial charge >= 0.3 is 12.1 Å². The van der Waals surface area contributed by atoms with Crippen LogP contribution in [0.25, 0.3) is 0 Å². The number of carboxylic acids is 1. The standard InChI is InChI=1S/C12H15F3N2O2/c1-8(5-6-11(18)19)7-16-10-4-2-3-9(17-10)12(13,14)15/h2-4,8H,5-7H2,1H3,(H,16,17)(H,18,19). The SMILES string of the molecule is CC(CCC(=O)O)CNc1cccc(C(F)(F)F)n1. The Labute approximate surface area is 108 Å². The Hall–Kier alpha value is -1.79. The maximum atomic E-state index is 12.4. The summed E-state index contributed by atoms with van der Waals surface area (Å²) in [6.45, 7) is 2.20. The predicted molar refractivity (Wildman–Crippen MR) is 63.8 cm³/mol. The summed E-state index contributed by atoms with van der Waals surface area (Å²) in [6, 6.07) is 3.62. The Morgan fingerprint density at radius 2 is 2.16 bits per heavy atom. The molecule has 1 atom stereocenters. The molecule has 1 unspecified atom stereocenters. The van der Waals surface area contributed by atoms with Crippen LogP contribution in [0.1, 0.15) is 25.5 Å². The lowest BCUT2D eigenvalue weighted by Crippen LogP contribution is -2.15. The minimum atomic E-state index is -4.47. The number of nitrogens with zero attached hydrogens (tertiary/aromatic N) is 1. The summed E-state index contributed by atoms with van der Waals surface area (Å²) >= 11 is 0. The third kappa shape index (κ3) is 5.58. The van der Waals surface area contributed by atoms with Crippen molar-refractivity contribution in [2.75, 3.05) is 11.9 Å². The zero-order chi connectivity index (χ0) is 14.5. The lowest BCUT2D eigenvalue weighted by molar-refractivity contribution is -0.141. The molecule has 4 nitrogen and oxygen atoms in total. The van der Waals surface area contributed by atoms with E-state index in [4.69, 9.17) is 5.11 Å². The number of carbonyl (C=O) groups is 1. The Balaban J connectivity index is 2.51. The lowest BCUT2D eigenvalue weighted by atomic mass is 10.1. The van der Waals surface area contributed by atoms with E-state index in [1.807, 2.05) is 6.92 Å². The van der Waals surface area contributed by atoms with Crippen molar-refractivity contribution in [3.8, 4) is 0 Å². The molecule has 1 heterocycles. The molecule has 0 saturated heterocycles. The summed E-state index contributed by atoms with van der Waals surface area (Å²) in [5, 5.41) is 11.3.